The van der Waals surface area contributed by atoms with Gasteiger partial charge in [0.15, 0.2) is 0 Å². The van der Waals surface area contributed by atoms with Crippen LogP contribution in [0.4, 0.5) is 0 Å². The first-order valence-electron chi connectivity index (χ1n) is 8.01. The molecule has 0 N–H and O–H groups in total. The number of hydrogen-bond acceptors (Lipinski definition) is 1. The Labute approximate surface area is 142 Å². The molecule has 0 rings (SSSR count). The Bertz CT molecular complexity index is 286. The van der Waals surface area contributed by atoms with Crippen LogP contribution in [0.25, 0.3) is 0 Å². The molecule has 1 nitrogen and oxygen atoms in total. The zero-order valence-electron chi connectivity index (χ0n) is 15.4. The van der Waals surface area contributed by atoms with Gasteiger partial charge in [-0.25, -0.2) is 0 Å². The first-order valence-corrected chi connectivity index (χ1v) is 8.89. The molecule has 0 fully saturated rings. The van der Waals surface area contributed by atoms with Gasteiger partial charge in [0.25, 0.3) is 0 Å². The second-order valence-corrected chi connectivity index (χ2v) is 9.92. The van der Waals surface area contributed by atoms with E-state index >= 15 is 0 Å². The maximum absolute atomic E-state index is 5.86. The summed E-state index contributed by atoms with van der Waals surface area (Å²) in [5.74, 6) is 1.35. The Morgan fingerprint density at radius 1 is 0.850 bits per heavy atom. The monoisotopic (exact) mass is 396 g/mol. The zero-order chi connectivity index (χ0) is 16.4. The van der Waals surface area contributed by atoms with Crippen molar-refractivity contribution in [2.75, 3.05) is 0 Å². The van der Waals surface area contributed by atoms with Gasteiger partial charge in [-0.2, -0.15) is 0 Å². The summed E-state index contributed by atoms with van der Waals surface area (Å²) in [4.78, 5) is 0. The van der Waals surface area contributed by atoms with Gasteiger partial charge in [-0.05, 0) is 40.9 Å². The van der Waals surface area contributed by atoms with Crippen LogP contribution in [-0.2, 0) is 3.07 Å². The summed E-state index contributed by atoms with van der Waals surface area (Å²) in [7, 11) is 0. The molecule has 1 unspecified atom stereocenters. The van der Waals surface area contributed by atoms with E-state index in [1.54, 1.807) is 0 Å². The SMILES string of the molecule is CC(C)C(C)(C)CC(C)C(C)(C)[C@H](CC(C)(C)C)OI. The van der Waals surface area contributed by atoms with Gasteiger partial charge < -0.3 is 3.07 Å². The van der Waals surface area contributed by atoms with Gasteiger partial charge in [-0.3, -0.25) is 0 Å². The molecule has 0 aromatic carbocycles. The van der Waals surface area contributed by atoms with Gasteiger partial charge >= 0.3 is 0 Å². The molecule has 0 spiro atoms. The molecule has 0 heterocycles. The Kier molecular flexibility index (Phi) is 7.55. The number of rotatable bonds is 7. The van der Waals surface area contributed by atoms with Crippen molar-refractivity contribution in [3.8, 4) is 0 Å². The van der Waals surface area contributed by atoms with E-state index < -0.39 is 0 Å². The summed E-state index contributed by atoms with van der Waals surface area (Å²) in [6.07, 6.45) is 2.66. The van der Waals surface area contributed by atoms with E-state index in [0.29, 0.717) is 28.8 Å². The van der Waals surface area contributed by atoms with Gasteiger partial charge in [0.2, 0.25) is 0 Å². The first-order chi connectivity index (χ1) is 8.74. The summed E-state index contributed by atoms with van der Waals surface area (Å²) in [6, 6.07) is 0. The third-order valence-electron chi connectivity index (χ3n) is 5.40. The second kappa shape index (κ2) is 7.30. The molecule has 0 aromatic rings. The van der Waals surface area contributed by atoms with E-state index in [9.17, 15) is 0 Å². The molecule has 0 aromatic heterocycles. The van der Waals surface area contributed by atoms with Crippen molar-refractivity contribution in [1.29, 1.82) is 0 Å². The van der Waals surface area contributed by atoms with E-state index in [-0.39, 0.29) is 5.41 Å². The molecule has 0 bridgehead atoms. The molecule has 122 valence electrons. The van der Waals surface area contributed by atoms with Crippen LogP contribution in [0, 0.1) is 28.1 Å². The van der Waals surface area contributed by atoms with Crippen LogP contribution in [-0.4, -0.2) is 6.10 Å². The van der Waals surface area contributed by atoms with Crippen LogP contribution >= 0.6 is 23.0 Å². The fourth-order valence-electron chi connectivity index (χ4n) is 2.57. The van der Waals surface area contributed by atoms with E-state index in [2.05, 4.69) is 92.2 Å². The average Bonchev–Trinajstić information content (AvgIpc) is 2.23. The van der Waals surface area contributed by atoms with E-state index in [4.69, 9.17) is 3.07 Å². The zero-order valence-corrected chi connectivity index (χ0v) is 17.6. The minimum atomic E-state index is 0.195. The molecule has 0 aliphatic carbocycles. The van der Waals surface area contributed by atoms with Crippen molar-refractivity contribution in [3.05, 3.63) is 0 Å². The standard InChI is InChI=1S/C18H37IO/c1-13(2)17(7,8)11-14(3)18(9,10)15(20-19)12-16(4,5)6/h13-15H,11-12H2,1-10H3/t14?,15-/m0/s1. The highest BCUT2D eigenvalue weighted by molar-refractivity contribution is 14.1. The molecule has 0 aliphatic rings. The van der Waals surface area contributed by atoms with Crippen molar-refractivity contribution < 1.29 is 3.07 Å². The Hall–Kier alpha value is 0.690. The quantitative estimate of drug-likeness (QED) is 0.426. The molecule has 20 heavy (non-hydrogen) atoms. The smallest absolute Gasteiger partial charge is 0.110 e. The Morgan fingerprint density at radius 2 is 1.30 bits per heavy atom. The molecule has 0 radical (unpaired) electrons. The summed E-state index contributed by atoms with van der Waals surface area (Å²) < 4.78 is 5.86. The number of halogens is 1. The lowest BCUT2D eigenvalue weighted by Gasteiger charge is -2.44. The summed E-state index contributed by atoms with van der Waals surface area (Å²) in [6.45, 7) is 23.5. The third kappa shape index (κ3) is 6.21. The van der Waals surface area contributed by atoms with E-state index in [1.165, 1.54) is 6.42 Å². The van der Waals surface area contributed by atoms with Gasteiger partial charge in [0.05, 0.1) is 6.10 Å². The first kappa shape index (κ1) is 20.7. The molecule has 0 saturated heterocycles. The van der Waals surface area contributed by atoms with Gasteiger partial charge in [0.1, 0.15) is 23.0 Å². The highest BCUT2D eigenvalue weighted by Crippen LogP contribution is 2.45. The van der Waals surface area contributed by atoms with Crippen molar-refractivity contribution in [2.45, 2.75) is 88.2 Å². The number of hydrogen-bond donors (Lipinski definition) is 0. The van der Waals surface area contributed by atoms with Gasteiger partial charge in [-0.15, -0.1) is 0 Å². The normalized spacial score (nSPS) is 17.4. The van der Waals surface area contributed by atoms with Gasteiger partial charge in [-0.1, -0.05) is 69.2 Å². The fraction of sp³-hybridized carbons (Fsp3) is 1.00. The third-order valence-corrected chi connectivity index (χ3v) is 6.01. The lowest BCUT2D eigenvalue weighted by Crippen LogP contribution is -2.40. The molecule has 0 amide bonds. The largest absolute Gasteiger partial charge is 0.312 e. The molecule has 2 atom stereocenters. The molecule has 0 aliphatic heterocycles. The predicted molar refractivity (Wildman–Crippen MR) is 99.1 cm³/mol. The second-order valence-electron chi connectivity index (χ2n) is 9.41. The van der Waals surface area contributed by atoms with Crippen LogP contribution in [0.3, 0.4) is 0 Å². The molecular weight excluding hydrogens is 359 g/mol. The van der Waals surface area contributed by atoms with Crippen LogP contribution in [0.5, 0.6) is 0 Å². The minimum absolute atomic E-state index is 0.195. The summed E-state index contributed by atoms with van der Waals surface area (Å²) >= 11 is 2.10. The maximum atomic E-state index is 5.86. The Balaban J connectivity index is 4.99. The van der Waals surface area contributed by atoms with Crippen molar-refractivity contribution in [3.63, 3.8) is 0 Å². The van der Waals surface area contributed by atoms with Crippen molar-refractivity contribution in [1.82, 2.24) is 0 Å². The van der Waals surface area contributed by atoms with Gasteiger partial charge in [0, 0.05) is 0 Å². The lowest BCUT2D eigenvalue weighted by atomic mass is 9.64. The predicted octanol–water partition coefficient (Wildman–Crippen LogP) is 6.89. The molecular formula is C18H37IO. The van der Waals surface area contributed by atoms with Crippen molar-refractivity contribution in [2.24, 2.45) is 28.1 Å². The Morgan fingerprint density at radius 3 is 1.60 bits per heavy atom. The minimum Gasteiger partial charge on any atom is -0.312 e. The average molecular weight is 396 g/mol. The lowest BCUT2D eigenvalue weighted by molar-refractivity contribution is 0.0103. The van der Waals surface area contributed by atoms with Crippen LogP contribution < -0.4 is 0 Å². The maximum Gasteiger partial charge on any atom is 0.110 e. The molecule has 2 heteroatoms. The topological polar surface area (TPSA) is 9.23 Å². The highest BCUT2D eigenvalue weighted by Gasteiger charge is 2.40. The van der Waals surface area contributed by atoms with Crippen molar-refractivity contribution >= 4 is 23.0 Å². The van der Waals surface area contributed by atoms with Crippen LogP contribution in [0.2, 0.25) is 0 Å². The van der Waals surface area contributed by atoms with E-state index in [1.807, 2.05) is 0 Å². The molecule has 0 saturated carbocycles. The highest BCUT2D eigenvalue weighted by atomic mass is 127. The van der Waals surface area contributed by atoms with Crippen LogP contribution in [0.1, 0.15) is 82.1 Å². The van der Waals surface area contributed by atoms with E-state index in [0.717, 1.165) is 6.42 Å². The fourth-order valence-corrected chi connectivity index (χ4v) is 3.41. The summed E-state index contributed by atoms with van der Waals surface area (Å²) in [5.41, 5.74) is 0.884. The summed E-state index contributed by atoms with van der Waals surface area (Å²) in [5, 5.41) is 0. The van der Waals surface area contributed by atoms with Crippen LogP contribution in [0.15, 0.2) is 0 Å².